The standard InChI is InChI=1S/C25H17F6N3O3/c1-13(32-33-19-11-17(24(26,27)28)10-18(12-19)25(29,30)31)21-20(37-34-22(21)23(35)36)9-14-6-7-15-4-2-3-5-16(15)8-14/h2-8,10-12,33H,9H2,1H3,(H,35,36)/b32-13+. The molecule has 0 atom stereocenters. The highest BCUT2D eigenvalue weighted by Crippen LogP contribution is 2.37. The molecule has 0 bridgehead atoms. The Morgan fingerprint density at radius 2 is 1.57 bits per heavy atom. The van der Waals surface area contributed by atoms with Gasteiger partial charge in [0.05, 0.1) is 28.1 Å². The van der Waals surface area contributed by atoms with E-state index in [2.05, 4.69) is 15.7 Å². The number of carbonyl (C=O) groups is 1. The van der Waals surface area contributed by atoms with Gasteiger partial charge in [0.25, 0.3) is 0 Å². The van der Waals surface area contributed by atoms with E-state index in [4.69, 9.17) is 4.52 Å². The van der Waals surface area contributed by atoms with Gasteiger partial charge in [-0.05, 0) is 41.5 Å². The fourth-order valence-corrected chi connectivity index (χ4v) is 3.72. The highest BCUT2D eigenvalue weighted by molar-refractivity contribution is 6.07. The number of carboxylic acids is 1. The molecule has 0 saturated carbocycles. The van der Waals surface area contributed by atoms with Crippen LogP contribution in [-0.4, -0.2) is 21.9 Å². The van der Waals surface area contributed by atoms with Gasteiger partial charge in [-0.25, -0.2) is 4.79 Å². The molecule has 2 N–H and O–H groups in total. The Morgan fingerprint density at radius 1 is 0.946 bits per heavy atom. The van der Waals surface area contributed by atoms with Crippen LogP contribution in [-0.2, 0) is 18.8 Å². The minimum atomic E-state index is -5.03. The first kappa shape index (κ1) is 25.7. The number of hydrogen-bond donors (Lipinski definition) is 2. The lowest BCUT2D eigenvalue weighted by Crippen LogP contribution is -2.12. The summed E-state index contributed by atoms with van der Waals surface area (Å²) in [5.41, 5.74) is -1.34. The van der Waals surface area contributed by atoms with Gasteiger partial charge in [0.1, 0.15) is 0 Å². The Bertz CT molecular complexity index is 1470. The number of anilines is 1. The molecule has 0 aliphatic rings. The number of carboxylic acid groups (broad SMARTS) is 1. The molecule has 0 radical (unpaired) electrons. The largest absolute Gasteiger partial charge is 0.476 e. The lowest BCUT2D eigenvalue weighted by atomic mass is 10.0. The third-order valence-corrected chi connectivity index (χ3v) is 5.45. The molecule has 12 heteroatoms. The van der Waals surface area contributed by atoms with Gasteiger partial charge < -0.3 is 9.63 Å². The van der Waals surface area contributed by atoms with Crippen LogP contribution in [0.5, 0.6) is 0 Å². The van der Waals surface area contributed by atoms with Crippen LogP contribution in [0.2, 0.25) is 0 Å². The number of aromatic nitrogens is 1. The number of hydrazone groups is 1. The van der Waals surface area contributed by atoms with Crippen molar-refractivity contribution in [3.63, 3.8) is 0 Å². The zero-order chi connectivity index (χ0) is 27.0. The number of benzene rings is 3. The number of nitrogens with one attached hydrogen (secondary N) is 1. The van der Waals surface area contributed by atoms with E-state index in [9.17, 15) is 36.2 Å². The van der Waals surface area contributed by atoms with Crippen molar-refractivity contribution in [3.8, 4) is 0 Å². The van der Waals surface area contributed by atoms with Crippen molar-refractivity contribution >= 4 is 28.1 Å². The quantitative estimate of drug-likeness (QED) is 0.162. The van der Waals surface area contributed by atoms with Crippen molar-refractivity contribution in [3.05, 3.63) is 94.4 Å². The summed E-state index contributed by atoms with van der Waals surface area (Å²) >= 11 is 0. The first-order chi connectivity index (χ1) is 17.3. The van der Waals surface area contributed by atoms with Gasteiger partial charge >= 0.3 is 18.3 Å². The zero-order valence-electron chi connectivity index (χ0n) is 18.9. The van der Waals surface area contributed by atoms with E-state index >= 15 is 0 Å². The fourth-order valence-electron chi connectivity index (χ4n) is 3.72. The van der Waals surface area contributed by atoms with Crippen LogP contribution in [0.3, 0.4) is 0 Å². The van der Waals surface area contributed by atoms with E-state index < -0.39 is 40.8 Å². The number of rotatable bonds is 6. The molecule has 0 saturated heterocycles. The number of halogens is 6. The molecule has 1 aromatic heterocycles. The number of aromatic carboxylic acids is 1. The van der Waals surface area contributed by atoms with Crippen LogP contribution in [0, 0.1) is 0 Å². The van der Waals surface area contributed by atoms with Gasteiger partial charge in [-0.2, -0.15) is 31.4 Å². The predicted molar refractivity (Wildman–Crippen MR) is 122 cm³/mol. The van der Waals surface area contributed by atoms with E-state index in [1.807, 2.05) is 36.4 Å². The topological polar surface area (TPSA) is 87.7 Å². The maximum Gasteiger partial charge on any atom is 0.416 e. The van der Waals surface area contributed by atoms with Crippen LogP contribution < -0.4 is 5.43 Å². The average molecular weight is 521 g/mol. The van der Waals surface area contributed by atoms with Crippen LogP contribution in [0.15, 0.2) is 70.3 Å². The Balaban J connectivity index is 1.69. The van der Waals surface area contributed by atoms with Gasteiger partial charge in [0, 0.05) is 6.42 Å². The molecule has 4 aromatic rings. The van der Waals surface area contributed by atoms with Crippen LogP contribution in [0.25, 0.3) is 10.8 Å². The molecular formula is C25H17F6N3O3. The van der Waals surface area contributed by atoms with Crippen LogP contribution in [0.4, 0.5) is 32.0 Å². The smallest absolute Gasteiger partial charge is 0.416 e. The van der Waals surface area contributed by atoms with Crippen molar-refractivity contribution in [1.82, 2.24) is 5.16 Å². The monoisotopic (exact) mass is 521 g/mol. The fraction of sp³-hybridized carbons (Fsp3) is 0.160. The predicted octanol–water partition coefficient (Wildman–Crippen LogP) is 6.99. The van der Waals surface area contributed by atoms with Gasteiger partial charge in [-0.3, -0.25) is 5.43 Å². The Morgan fingerprint density at radius 3 is 2.16 bits per heavy atom. The van der Waals surface area contributed by atoms with Crippen LogP contribution in [0.1, 0.15) is 45.4 Å². The molecule has 1 heterocycles. The SMILES string of the molecule is C/C(=N\Nc1cc(C(F)(F)F)cc(C(F)(F)F)c1)c1c(C(=O)O)noc1Cc1ccc2ccccc2c1. The van der Waals surface area contributed by atoms with Crippen molar-refractivity contribution < 1.29 is 40.8 Å². The number of nitrogens with zero attached hydrogens (tertiary/aromatic N) is 2. The normalized spacial score (nSPS) is 12.7. The molecule has 0 unspecified atom stereocenters. The second-order valence-electron chi connectivity index (χ2n) is 8.10. The molecule has 0 spiro atoms. The average Bonchev–Trinajstić information content (AvgIpc) is 3.25. The summed E-state index contributed by atoms with van der Waals surface area (Å²) in [6.07, 6.45) is -9.96. The first-order valence-electron chi connectivity index (χ1n) is 10.6. The minimum Gasteiger partial charge on any atom is -0.476 e. The van der Waals surface area contributed by atoms with Gasteiger partial charge in [-0.1, -0.05) is 47.6 Å². The van der Waals surface area contributed by atoms with E-state index in [1.54, 1.807) is 6.07 Å². The summed E-state index contributed by atoms with van der Waals surface area (Å²) in [5.74, 6) is -1.34. The highest BCUT2D eigenvalue weighted by Gasteiger charge is 2.37. The Kier molecular flexibility index (Phi) is 6.68. The summed E-state index contributed by atoms with van der Waals surface area (Å²) < 4.78 is 84.1. The Labute approximate surface area is 205 Å². The van der Waals surface area contributed by atoms with Crippen molar-refractivity contribution in [2.45, 2.75) is 25.7 Å². The lowest BCUT2D eigenvalue weighted by Gasteiger charge is -2.14. The lowest BCUT2D eigenvalue weighted by molar-refractivity contribution is -0.143. The molecule has 6 nitrogen and oxygen atoms in total. The zero-order valence-corrected chi connectivity index (χ0v) is 18.9. The van der Waals surface area contributed by atoms with Crippen molar-refractivity contribution in [1.29, 1.82) is 0 Å². The summed E-state index contributed by atoms with van der Waals surface area (Å²) in [5, 5.41) is 18.8. The second kappa shape index (κ2) is 9.60. The van der Waals surface area contributed by atoms with E-state index in [1.165, 1.54) is 6.92 Å². The molecule has 0 aliphatic carbocycles. The molecule has 37 heavy (non-hydrogen) atoms. The molecule has 0 aliphatic heterocycles. The van der Waals surface area contributed by atoms with Gasteiger partial charge in [-0.15, -0.1) is 0 Å². The third-order valence-electron chi connectivity index (χ3n) is 5.45. The summed E-state index contributed by atoms with van der Waals surface area (Å²) in [7, 11) is 0. The third kappa shape index (κ3) is 5.74. The molecule has 0 amide bonds. The maximum absolute atomic E-state index is 13.1. The molecular weight excluding hydrogens is 504 g/mol. The first-order valence-corrected chi connectivity index (χ1v) is 10.6. The Hall–Kier alpha value is -4.35. The van der Waals surface area contributed by atoms with E-state index in [0.717, 1.165) is 16.3 Å². The summed E-state index contributed by atoms with van der Waals surface area (Å²) in [6, 6.07) is 14.0. The highest BCUT2D eigenvalue weighted by atomic mass is 19.4. The number of fused-ring (bicyclic) bond motifs is 1. The number of alkyl halides is 6. The summed E-state index contributed by atoms with van der Waals surface area (Å²) in [4.78, 5) is 11.7. The van der Waals surface area contributed by atoms with Crippen molar-refractivity contribution in [2.75, 3.05) is 5.43 Å². The van der Waals surface area contributed by atoms with E-state index in [0.29, 0.717) is 12.1 Å². The molecule has 3 aromatic carbocycles. The maximum atomic E-state index is 13.1. The van der Waals surface area contributed by atoms with Crippen molar-refractivity contribution in [2.24, 2.45) is 5.10 Å². The van der Waals surface area contributed by atoms with Gasteiger partial charge in [0.2, 0.25) is 5.69 Å². The molecule has 192 valence electrons. The second-order valence-corrected chi connectivity index (χ2v) is 8.10. The molecule has 0 fully saturated rings. The minimum absolute atomic E-state index is 0.00799. The van der Waals surface area contributed by atoms with Crippen LogP contribution >= 0.6 is 0 Å². The van der Waals surface area contributed by atoms with Gasteiger partial charge in [0.15, 0.2) is 5.76 Å². The number of hydrogen-bond acceptors (Lipinski definition) is 5. The van der Waals surface area contributed by atoms with E-state index in [-0.39, 0.29) is 29.5 Å². The summed E-state index contributed by atoms with van der Waals surface area (Å²) in [6.45, 7) is 1.33. The molecule has 4 rings (SSSR count).